The number of hydrogen-bond acceptors (Lipinski definition) is 5. The molecule has 2 unspecified atom stereocenters. The van der Waals surface area contributed by atoms with Crippen LogP contribution in [0.1, 0.15) is 47.6 Å². The Morgan fingerprint density at radius 2 is 1.85 bits per heavy atom. The summed E-state index contributed by atoms with van der Waals surface area (Å²) in [6, 6.07) is 7.20. The van der Waals surface area contributed by atoms with Crippen molar-refractivity contribution in [3.05, 3.63) is 36.7 Å². The van der Waals surface area contributed by atoms with Crippen molar-refractivity contribution in [2.45, 2.75) is 58.8 Å². The van der Waals surface area contributed by atoms with E-state index in [-0.39, 0.29) is 6.04 Å². The molecular weight excluding hydrogens is 353 g/mol. The van der Waals surface area contributed by atoms with Crippen molar-refractivity contribution in [1.82, 2.24) is 9.78 Å². The molecular formula is C18H28N3O4P. The minimum absolute atomic E-state index is 0.318. The zero-order valence-electron chi connectivity index (χ0n) is 16.1. The molecule has 0 saturated heterocycles. The van der Waals surface area contributed by atoms with Crippen LogP contribution in [-0.2, 0) is 13.6 Å². The molecule has 0 aliphatic carbocycles. The quantitative estimate of drug-likeness (QED) is 0.568. The lowest BCUT2D eigenvalue weighted by Gasteiger charge is -2.34. The predicted molar refractivity (Wildman–Crippen MR) is 103 cm³/mol. The molecule has 1 aromatic heterocycles. The molecule has 0 fully saturated rings. The number of aromatic nitrogens is 2. The fourth-order valence-electron chi connectivity index (χ4n) is 2.47. The van der Waals surface area contributed by atoms with E-state index in [2.05, 4.69) is 5.10 Å². The van der Waals surface area contributed by atoms with Crippen LogP contribution in [-0.4, -0.2) is 25.9 Å². The third kappa shape index (κ3) is 5.42. The maximum absolute atomic E-state index is 12.3. The normalized spacial score (nSPS) is 16.3. The van der Waals surface area contributed by atoms with E-state index in [4.69, 9.17) is 14.8 Å². The van der Waals surface area contributed by atoms with Crippen LogP contribution in [0.25, 0.3) is 11.1 Å². The Kier molecular flexibility index (Phi) is 5.69. The van der Waals surface area contributed by atoms with Crippen molar-refractivity contribution in [3.8, 4) is 11.1 Å². The summed E-state index contributed by atoms with van der Waals surface area (Å²) in [4.78, 5) is 10.1. The van der Waals surface area contributed by atoms with E-state index in [1.807, 2.05) is 37.4 Å². The summed E-state index contributed by atoms with van der Waals surface area (Å²) in [5.74, 6) is 0. The van der Waals surface area contributed by atoms with Gasteiger partial charge in [-0.25, -0.2) is 4.57 Å². The maximum atomic E-state index is 12.3. The molecule has 1 aromatic carbocycles. The van der Waals surface area contributed by atoms with Crippen molar-refractivity contribution in [2.24, 2.45) is 0 Å². The minimum Gasteiger partial charge on any atom is -0.399 e. The van der Waals surface area contributed by atoms with E-state index in [1.165, 1.54) is 0 Å². The van der Waals surface area contributed by atoms with E-state index in [9.17, 15) is 9.46 Å². The SMILES string of the molecule is CC(n1cc(-c2cccc(N)c2)cn1)C(C)(C)OP(=O)(O)OC(C)(C)C. The summed E-state index contributed by atoms with van der Waals surface area (Å²) < 4.78 is 24.7. The topological polar surface area (TPSA) is 99.6 Å². The Balaban J connectivity index is 2.19. The second-order valence-electron chi connectivity index (χ2n) is 7.88. The first-order valence-electron chi connectivity index (χ1n) is 8.43. The Labute approximate surface area is 154 Å². The fourth-order valence-corrected chi connectivity index (χ4v) is 3.95. The van der Waals surface area contributed by atoms with Gasteiger partial charge >= 0.3 is 7.82 Å². The Morgan fingerprint density at radius 3 is 2.42 bits per heavy atom. The Hall–Kier alpha value is -1.66. The van der Waals surface area contributed by atoms with E-state index >= 15 is 0 Å². The van der Waals surface area contributed by atoms with Gasteiger partial charge in [-0.3, -0.25) is 13.7 Å². The number of nitrogen functional groups attached to an aromatic ring is 1. The lowest BCUT2D eigenvalue weighted by molar-refractivity contribution is -0.0138. The van der Waals surface area contributed by atoms with Crippen LogP contribution >= 0.6 is 7.82 Å². The first kappa shape index (κ1) is 20.6. The van der Waals surface area contributed by atoms with Crippen molar-refractivity contribution < 1.29 is 18.5 Å². The summed E-state index contributed by atoms with van der Waals surface area (Å²) in [7, 11) is -4.23. The van der Waals surface area contributed by atoms with E-state index in [0.717, 1.165) is 11.1 Å². The Bertz CT molecular complexity index is 811. The summed E-state index contributed by atoms with van der Waals surface area (Å²) >= 11 is 0. The van der Waals surface area contributed by atoms with Crippen LogP contribution < -0.4 is 5.73 Å². The summed E-state index contributed by atoms with van der Waals surface area (Å²) in [5, 5.41) is 4.38. The van der Waals surface area contributed by atoms with Crippen molar-refractivity contribution in [1.29, 1.82) is 0 Å². The molecule has 144 valence electrons. The number of rotatable bonds is 6. The molecule has 2 rings (SSSR count). The van der Waals surface area contributed by atoms with Crippen LogP contribution in [0.4, 0.5) is 5.69 Å². The molecule has 2 aromatic rings. The molecule has 0 spiro atoms. The van der Waals surface area contributed by atoms with Gasteiger partial charge in [-0.2, -0.15) is 5.10 Å². The van der Waals surface area contributed by atoms with Gasteiger partial charge in [0, 0.05) is 17.4 Å². The zero-order chi connectivity index (χ0) is 19.8. The van der Waals surface area contributed by atoms with Gasteiger partial charge in [-0.1, -0.05) is 12.1 Å². The average molecular weight is 381 g/mol. The molecule has 0 saturated carbocycles. The minimum atomic E-state index is -4.23. The second-order valence-corrected chi connectivity index (χ2v) is 9.18. The summed E-state index contributed by atoms with van der Waals surface area (Å²) in [6.07, 6.45) is 3.59. The van der Waals surface area contributed by atoms with Gasteiger partial charge in [-0.05, 0) is 59.2 Å². The molecule has 1 heterocycles. The van der Waals surface area contributed by atoms with Crippen LogP contribution in [0.15, 0.2) is 36.7 Å². The number of benzene rings is 1. The number of phosphoric acid groups is 1. The van der Waals surface area contributed by atoms with Crippen LogP contribution in [0.5, 0.6) is 0 Å². The molecule has 0 bridgehead atoms. The van der Waals surface area contributed by atoms with Crippen molar-refractivity contribution >= 4 is 13.5 Å². The fraction of sp³-hybridized carbons (Fsp3) is 0.500. The smallest absolute Gasteiger partial charge is 0.399 e. The maximum Gasteiger partial charge on any atom is 0.473 e. The molecule has 2 atom stereocenters. The second kappa shape index (κ2) is 7.16. The molecule has 0 amide bonds. The number of phosphoric ester groups is 1. The lowest BCUT2D eigenvalue weighted by Crippen LogP contribution is -2.35. The van der Waals surface area contributed by atoms with Gasteiger partial charge in [-0.15, -0.1) is 0 Å². The van der Waals surface area contributed by atoms with Gasteiger partial charge < -0.3 is 10.6 Å². The van der Waals surface area contributed by atoms with Gasteiger partial charge in [0.1, 0.15) is 0 Å². The molecule has 0 aliphatic rings. The molecule has 3 N–H and O–H groups in total. The van der Waals surface area contributed by atoms with E-state index < -0.39 is 19.0 Å². The van der Waals surface area contributed by atoms with E-state index in [0.29, 0.717) is 5.69 Å². The highest BCUT2D eigenvalue weighted by Crippen LogP contribution is 2.52. The largest absolute Gasteiger partial charge is 0.473 e. The van der Waals surface area contributed by atoms with Gasteiger partial charge in [0.05, 0.1) is 23.4 Å². The predicted octanol–water partition coefficient (Wildman–Crippen LogP) is 4.40. The van der Waals surface area contributed by atoms with Crippen molar-refractivity contribution in [2.75, 3.05) is 5.73 Å². The Morgan fingerprint density at radius 1 is 1.19 bits per heavy atom. The third-order valence-corrected chi connectivity index (χ3v) is 5.44. The number of hydrogen-bond donors (Lipinski definition) is 2. The zero-order valence-corrected chi connectivity index (χ0v) is 17.0. The first-order chi connectivity index (χ1) is 11.8. The summed E-state index contributed by atoms with van der Waals surface area (Å²) in [6.45, 7) is 10.4. The highest BCUT2D eigenvalue weighted by molar-refractivity contribution is 7.47. The van der Waals surface area contributed by atoms with Gasteiger partial charge in [0.15, 0.2) is 0 Å². The monoisotopic (exact) mass is 381 g/mol. The average Bonchev–Trinajstić information content (AvgIpc) is 2.92. The summed E-state index contributed by atoms with van der Waals surface area (Å²) in [5.41, 5.74) is 6.57. The number of nitrogens with zero attached hydrogens (tertiary/aromatic N) is 2. The van der Waals surface area contributed by atoms with Crippen LogP contribution in [0.2, 0.25) is 0 Å². The van der Waals surface area contributed by atoms with Gasteiger partial charge in [0.2, 0.25) is 0 Å². The van der Waals surface area contributed by atoms with Crippen molar-refractivity contribution in [3.63, 3.8) is 0 Å². The highest BCUT2D eigenvalue weighted by Gasteiger charge is 2.39. The molecule has 0 aliphatic heterocycles. The lowest BCUT2D eigenvalue weighted by atomic mass is 10.0. The number of anilines is 1. The van der Waals surface area contributed by atoms with Crippen LogP contribution in [0.3, 0.4) is 0 Å². The molecule has 26 heavy (non-hydrogen) atoms. The highest BCUT2D eigenvalue weighted by atomic mass is 31.2. The molecule has 0 radical (unpaired) electrons. The first-order valence-corrected chi connectivity index (χ1v) is 9.93. The van der Waals surface area contributed by atoms with E-state index in [1.54, 1.807) is 45.5 Å². The molecule has 7 nitrogen and oxygen atoms in total. The third-order valence-electron chi connectivity index (χ3n) is 3.96. The van der Waals surface area contributed by atoms with Crippen LogP contribution in [0, 0.1) is 0 Å². The van der Waals surface area contributed by atoms with Gasteiger partial charge in [0.25, 0.3) is 0 Å². The molecule has 8 heteroatoms. The number of nitrogens with two attached hydrogens (primary N) is 1. The standard InChI is InChI=1S/C18H28N3O4P/c1-13(18(5,6)25-26(22,23)24-17(2,3)4)21-12-15(11-20-21)14-8-7-9-16(19)10-14/h7-13H,19H2,1-6H3,(H,22,23).